The Hall–Kier alpha value is -2.16. The van der Waals surface area contributed by atoms with Gasteiger partial charge in [0.15, 0.2) is 0 Å². The summed E-state index contributed by atoms with van der Waals surface area (Å²) in [6.45, 7) is 8.49. The van der Waals surface area contributed by atoms with Crippen LogP contribution in [0.4, 0.5) is 0 Å². The minimum absolute atomic E-state index is 0.144. The third-order valence-corrected chi connectivity index (χ3v) is 4.33. The minimum atomic E-state index is -0.144. The molecule has 3 nitrogen and oxygen atoms in total. The van der Waals surface area contributed by atoms with Gasteiger partial charge in [0.05, 0.1) is 22.1 Å². The first kappa shape index (κ1) is 12.6. The fourth-order valence-corrected chi connectivity index (χ4v) is 3.26. The highest BCUT2D eigenvalue weighted by Crippen LogP contribution is 2.43. The Balaban J connectivity index is 2.14. The summed E-state index contributed by atoms with van der Waals surface area (Å²) < 4.78 is 6.16. The summed E-state index contributed by atoms with van der Waals surface area (Å²) in [5.41, 5.74) is 7.30. The highest BCUT2D eigenvalue weighted by molar-refractivity contribution is 5.92. The second kappa shape index (κ2) is 3.94. The lowest BCUT2D eigenvalue weighted by molar-refractivity contribution is 0.138. The molecule has 3 heteroatoms. The van der Waals surface area contributed by atoms with E-state index >= 15 is 0 Å². The van der Waals surface area contributed by atoms with Crippen molar-refractivity contribution in [1.29, 1.82) is 0 Å². The van der Waals surface area contributed by atoms with E-state index in [1.54, 1.807) is 0 Å². The van der Waals surface area contributed by atoms with Gasteiger partial charge in [-0.05, 0) is 45.4 Å². The van der Waals surface area contributed by atoms with Gasteiger partial charge in [-0.2, -0.15) is 0 Å². The first-order chi connectivity index (χ1) is 9.96. The van der Waals surface area contributed by atoms with Crippen molar-refractivity contribution >= 4 is 22.1 Å². The van der Waals surface area contributed by atoms with Gasteiger partial charge in [-0.1, -0.05) is 12.1 Å². The van der Waals surface area contributed by atoms with Gasteiger partial charge in [0.25, 0.3) is 0 Å². The molecule has 4 rings (SSSR count). The zero-order valence-corrected chi connectivity index (χ0v) is 12.8. The Labute approximate surface area is 124 Å². The molecule has 0 unspecified atom stereocenters. The number of aryl methyl sites for hydroxylation is 2. The van der Waals surface area contributed by atoms with E-state index in [4.69, 9.17) is 14.7 Å². The predicted octanol–water partition coefficient (Wildman–Crippen LogP) is 4.11. The molecule has 0 N–H and O–H groups in total. The lowest BCUT2D eigenvalue weighted by atomic mass is 9.95. The van der Waals surface area contributed by atoms with Crippen molar-refractivity contribution < 1.29 is 4.74 Å². The monoisotopic (exact) mass is 278 g/mol. The number of nitrogens with zero attached hydrogens (tertiary/aromatic N) is 2. The highest BCUT2D eigenvalue weighted by atomic mass is 16.5. The zero-order valence-electron chi connectivity index (χ0n) is 12.8. The van der Waals surface area contributed by atoms with Crippen molar-refractivity contribution in [3.05, 3.63) is 41.0 Å². The second-order valence-corrected chi connectivity index (χ2v) is 6.51. The van der Waals surface area contributed by atoms with Gasteiger partial charge >= 0.3 is 0 Å². The van der Waals surface area contributed by atoms with Crippen LogP contribution >= 0.6 is 0 Å². The topological polar surface area (TPSA) is 35.0 Å². The number of aromatic nitrogens is 2. The fraction of sp³-hybridized carbons (Fsp3) is 0.333. The van der Waals surface area contributed by atoms with Gasteiger partial charge in [-0.3, -0.25) is 0 Å². The molecular formula is C18H18N2O. The van der Waals surface area contributed by atoms with E-state index in [1.807, 2.05) is 24.3 Å². The van der Waals surface area contributed by atoms with E-state index in [0.717, 1.165) is 39.8 Å². The maximum Gasteiger partial charge on any atom is 0.128 e. The maximum absolute atomic E-state index is 6.16. The predicted molar refractivity (Wildman–Crippen MR) is 84.9 cm³/mol. The molecule has 0 aliphatic carbocycles. The summed E-state index contributed by atoms with van der Waals surface area (Å²) in [5, 5.41) is 0. The molecule has 0 saturated carbocycles. The summed E-state index contributed by atoms with van der Waals surface area (Å²) in [6, 6.07) is 8.03. The molecule has 2 heterocycles. The van der Waals surface area contributed by atoms with Gasteiger partial charge in [0.1, 0.15) is 11.4 Å². The summed E-state index contributed by atoms with van der Waals surface area (Å²) in [5.74, 6) is 1.01. The molecule has 3 aromatic rings. The van der Waals surface area contributed by atoms with Crippen molar-refractivity contribution in [3.63, 3.8) is 0 Å². The molecule has 0 fully saturated rings. The third-order valence-electron chi connectivity index (χ3n) is 4.33. The van der Waals surface area contributed by atoms with E-state index in [-0.39, 0.29) is 5.60 Å². The van der Waals surface area contributed by atoms with Gasteiger partial charge in [0, 0.05) is 17.5 Å². The van der Waals surface area contributed by atoms with Crippen LogP contribution in [0.1, 0.15) is 30.5 Å². The molecular weight excluding hydrogens is 260 g/mol. The summed E-state index contributed by atoms with van der Waals surface area (Å²) in [4.78, 5) is 9.67. The summed E-state index contributed by atoms with van der Waals surface area (Å²) in [6.07, 6.45) is 0.930. The van der Waals surface area contributed by atoms with E-state index in [1.165, 1.54) is 11.1 Å². The smallest absolute Gasteiger partial charge is 0.128 e. The van der Waals surface area contributed by atoms with Gasteiger partial charge in [-0.25, -0.2) is 9.97 Å². The van der Waals surface area contributed by atoms with Gasteiger partial charge in [-0.15, -0.1) is 0 Å². The normalized spacial score (nSPS) is 16.2. The molecule has 0 atom stereocenters. The Morgan fingerprint density at radius 2 is 1.52 bits per heavy atom. The van der Waals surface area contributed by atoms with Crippen LogP contribution in [0.15, 0.2) is 24.3 Å². The van der Waals surface area contributed by atoms with E-state index < -0.39 is 0 Å². The van der Waals surface area contributed by atoms with Crippen LogP contribution in [0, 0.1) is 13.8 Å². The Morgan fingerprint density at radius 1 is 0.952 bits per heavy atom. The number of ether oxygens (including phenoxy) is 1. The van der Waals surface area contributed by atoms with E-state index in [2.05, 4.69) is 27.7 Å². The molecule has 0 saturated heterocycles. The second-order valence-electron chi connectivity index (χ2n) is 6.51. The van der Waals surface area contributed by atoms with Crippen LogP contribution < -0.4 is 4.74 Å². The molecule has 0 radical (unpaired) electrons. The average Bonchev–Trinajstić information content (AvgIpc) is 2.79. The van der Waals surface area contributed by atoms with Crippen molar-refractivity contribution in [1.82, 2.24) is 9.97 Å². The number of hydrogen-bond acceptors (Lipinski definition) is 3. The minimum Gasteiger partial charge on any atom is -0.487 e. The number of para-hydroxylation sites is 2. The molecule has 1 aliphatic heterocycles. The fourth-order valence-electron chi connectivity index (χ4n) is 3.26. The largest absolute Gasteiger partial charge is 0.487 e. The van der Waals surface area contributed by atoms with Crippen LogP contribution in [0.2, 0.25) is 0 Å². The molecule has 21 heavy (non-hydrogen) atoms. The molecule has 1 aliphatic rings. The molecule has 1 aromatic heterocycles. The van der Waals surface area contributed by atoms with Crippen molar-refractivity contribution in [2.45, 2.75) is 39.7 Å². The number of hydrogen-bond donors (Lipinski definition) is 0. The molecule has 0 amide bonds. The molecule has 2 aromatic carbocycles. The Kier molecular flexibility index (Phi) is 2.36. The zero-order chi connectivity index (χ0) is 14.8. The highest BCUT2D eigenvalue weighted by Gasteiger charge is 2.34. The number of fused-ring (bicyclic) bond motifs is 3. The molecule has 106 valence electrons. The standard InChI is InChI=1S/C18H18N2O/c1-10-12-9-18(3,4)21-17(12)11(2)16-15(10)19-13-7-5-6-8-14(13)20-16/h5-8H,9H2,1-4H3. The maximum atomic E-state index is 6.16. The summed E-state index contributed by atoms with van der Waals surface area (Å²) in [7, 11) is 0. The van der Waals surface area contributed by atoms with Crippen LogP contribution in [0.25, 0.3) is 22.1 Å². The van der Waals surface area contributed by atoms with Gasteiger partial charge in [0.2, 0.25) is 0 Å². The van der Waals surface area contributed by atoms with Crippen molar-refractivity contribution in [3.8, 4) is 5.75 Å². The van der Waals surface area contributed by atoms with Crippen molar-refractivity contribution in [2.75, 3.05) is 0 Å². The molecule has 0 spiro atoms. The lowest BCUT2D eigenvalue weighted by Crippen LogP contribution is -2.24. The van der Waals surface area contributed by atoms with Crippen LogP contribution in [-0.4, -0.2) is 15.6 Å². The lowest BCUT2D eigenvalue weighted by Gasteiger charge is -2.17. The number of benzene rings is 2. The van der Waals surface area contributed by atoms with Crippen molar-refractivity contribution in [2.24, 2.45) is 0 Å². The Bertz CT molecular complexity index is 825. The summed E-state index contributed by atoms with van der Waals surface area (Å²) >= 11 is 0. The Morgan fingerprint density at radius 3 is 2.14 bits per heavy atom. The third kappa shape index (κ3) is 1.73. The van der Waals surface area contributed by atoms with E-state index in [9.17, 15) is 0 Å². The van der Waals surface area contributed by atoms with Crippen LogP contribution in [0.3, 0.4) is 0 Å². The van der Waals surface area contributed by atoms with E-state index in [0.29, 0.717) is 0 Å². The average molecular weight is 278 g/mol. The quantitative estimate of drug-likeness (QED) is 0.580. The van der Waals surface area contributed by atoms with Crippen LogP contribution in [-0.2, 0) is 6.42 Å². The first-order valence-electron chi connectivity index (χ1n) is 7.34. The SMILES string of the molecule is Cc1c2c(c(C)c3nc4ccccc4nc13)OC(C)(C)C2. The van der Waals surface area contributed by atoms with Gasteiger partial charge < -0.3 is 4.74 Å². The number of rotatable bonds is 0. The molecule has 0 bridgehead atoms. The van der Waals surface area contributed by atoms with Crippen LogP contribution in [0.5, 0.6) is 5.75 Å². The first-order valence-corrected chi connectivity index (χ1v) is 7.34.